The Kier molecular flexibility index (Phi) is 2.17. The van der Waals surface area contributed by atoms with Gasteiger partial charge in [0.1, 0.15) is 0 Å². The van der Waals surface area contributed by atoms with Crippen molar-refractivity contribution in [2.75, 3.05) is 0 Å². The van der Waals surface area contributed by atoms with Crippen molar-refractivity contribution in [2.24, 2.45) is 29.1 Å². The highest BCUT2D eigenvalue weighted by Gasteiger charge is 2.69. The molecule has 98 valence electrons. The molecule has 3 saturated carbocycles. The Balaban J connectivity index is 1.99. The Morgan fingerprint density at radius 3 is 1.94 bits per heavy atom. The van der Waals surface area contributed by atoms with Gasteiger partial charge in [-0.3, -0.25) is 0 Å². The zero-order chi connectivity index (χ0) is 12.6. The highest BCUT2D eigenvalue weighted by atomic mass is 16.3. The second kappa shape index (κ2) is 3.08. The third-order valence-corrected chi connectivity index (χ3v) is 6.40. The fourth-order valence-corrected chi connectivity index (χ4v) is 5.25. The lowest BCUT2D eigenvalue weighted by Gasteiger charge is -2.37. The number of rotatable bonds is 0. The van der Waals surface area contributed by atoms with Gasteiger partial charge in [-0.25, -0.2) is 0 Å². The van der Waals surface area contributed by atoms with Gasteiger partial charge >= 0.3 is 0 Å². The monoisotopic (exact) mass is 238 g/mol. The van der Waals surface area contributed by atoms with E-state index < -0.39 is 11.2 Å². The van der Waals surface area contributed by atoms with E-state index in [0.29, 0.717) is 29.1 Å². The largest absolute Gasteiger partial charge is 0.390 e. The fourth-order valence-electron chi connectivity index (χ4n) is 5.25. The zero-order valence-corrected chi connectivity index (χ0v) is 11.5. The normalized spacial score (nSPS) is 60.4. The van der Waals surface area contributed by atoms with Crippen molar-refractivity contribution >= 4 is 0 Å². The van der Waals surface area contributed by atoms with Crippen LogP contribution in [0.15, 0.2) is 0 Å². The molecular weight excluding hydrogens is 212 g/mol. The van der Waals surface area contributed by atoms with Crippen LogP contribution in [0.3, 0.4) is 0 Å². The molecule has 0 aromatic heterocycles. The van der Waals surface area contributed by atoms with E-state index in [1.807, 2.05) is 13.8 Å². The van der Waals surface area contributed by atoms with Crippen molar-refractivity contribution < 1.29 is 10.2 Å². The van der Waals surface area contributed by atoms with E-state index in [4.69, 9.17) is 0 Å². The first-order chi connectivity index (χ1) is 7.68. The highest BCUT2D eigenvalue weighted by Crippen LogP contribution is 2.71. The first kappa shape index (κ1) is 12.0. The Labute approximate surface area is 104 Å². The van der Waals surface area contributed by atoms with Gasteiger partial charge in [-0.2, -0.15) is 0 Å². The van der Waals surface area contributed by atoms with Crippen LogP contribution in [-0.4, -0.2) is 21.4 Å². The molecule has 0 aromatic rings. The van der Waals surface area contributed by atoms with Gasteiger partial charge in [0.15, 0.2) is 0 Å². The molecule has 2 N–H and O–H groups in total. The molecule has 0 saturated heterocycles. The maximum Gasteiger partial charge on any atom is 0.0654 e. The lowest BCUT2D eigenvalue weighted by Crippen LogP contribution is -2.43. The number of aliphatic hydroxyl groups is 2. The number of hydrogen-bond acceptors (Lipinski definition) is 2. The number of fused-ring (bicyclic) bond motifs is 3. The molecule has 0 amide bonds. The Morgan fingerprint density at radius 2 is 1.29 bits per heavy atom. The van der Waals surface area contributed by atoms with Crippen molar-refractivity contribution in [3.8, 4) is 0 Å². The lowest BCUT2D eigenvalue weighted by atomic mass is 9.73. The van der Waals surface area contributed by atoms with Crippen LogP contribution < -0.4 is 0 Å². The Bertz CT molecular complexity index is 343. The predicted octanol–water partition coefficient (Wildman–Crippen LogP) is 2.58. The van der Waals surface area contributed by atoms with Gasteiger partial charge in [0.25, 0.3) is 0 Å². The highest BCUT2D eigenvalue weighted by molar-refractivity contribution is 5.18. The minimum absolute atomic E-state index is 0.300. The van der Waals surface area contributed by atoms with Gasteiger partial charge in [-0.15, -0.1) is 0 Å². The maximum absolute atomic E-state index is 10.7. The molecule has 0 spiro atoms. The first-order valence-electron chi connectivity index (χ1n) is 7.13. The molecular formula is C15H26O2. The summed E-state index contributed by atoms with van der Waals surface area (Å²) in [6, 6.07) is 0. The standard InChI is InChI=1S/C15H26O2/c1-13(2)9-5-7-14(3,16)10-6-8-15(4,17)12(10)11(9)13/h9-12,16-17H,5-8H2,1-4H3/t9?,10-,11?,12+,14+,15-/m0/s1. The van der Waals surface area contributed by atoms with E-state index in [2.05, 4.69) is 13.8 Å². The van der Waals surface area contributed by atoms with E-state index in [-0.39, 0.29) is 0 Å². The van der Waals surface area contributed by atoms with E-state index >= 15 is 0 Å². The summed E-state index contributed by atoms with van der Waals surface area (Å²) in [6.45, 7) is 8.66. The minimum atomic E-state index is -0.561. The minimum Gasteiger partial charge on any atom is -0.390 e. The summed E-state index contributed by atoms with van der Waals surface area (Å²) in [4.78, 5) is 0. The fraction of sp³-hybridized carbons (Fsp3) is 1.00. The molecule has 0 radical (unpaired) electrons. The van der Waals surface area contributed by atoms with Crippen LogP contribution in [0.25, 0.3) is 0 Å². The van der Waals surface area contributed by atoms with Crippen LogP contribution in [0.2, 0.25) is 0 Å². The van der Waals surface area contributed by atoms with Crippen LogP contribution in [0, 0.1) is 29.1 Å². The van der Waals surface area contributed by atoms with Crippen LogP contribution in [-0.2, 0) is 0 Å². The molecule has 2 unspecified atom stereocenters. The van der Waals surface area contributed by atoms with Gasteiger partial charge < -0.3 is 10.2 Å². The van der Waals surface area contributed by atoms with Crippen molar-refractivity contribution in [1.29, 1.82) is 0 Å². The summed E-state index contributed by atoms with van der Waals surface area (Å²) in [7, 11) is 0. The van der Waals surface area contributed by atoms with E-state index in [1.165, 1.54) is 0 Å². The molecule has 3 aliphatic carbocycles. The first-order valence-corrected chi connectivity index (χ1v) is 7.13. The molecule has 3 fully saturated rings. The third kappa shape index (κ3) is 1.46. The van der Waals surface area contributed by atoms with Gasteiger partial charge in [-0.05, 0) is 68.6 Å². The van der Waals surface area contributed by atoms with Gasteiger partial charge in [-0.1, -0.05) is 13.8 Å². The molecule has 6 atom stereocenters. The summed E-state index contributed by atoms with van der Waals surface area (Å²) in [5.41, 5.74) is -0.738. The zero-order valence-electron chi connectivity index (χ0n) is 11.5. The van der Waals surface area contributed by atoms with Crippen LogP contribution >= 0.6 is 0 Å². The Morgan fingerprint density at radius 1 is 0.765 bits per heavy atom. The molecule has 2 heteroatoms. The number of hydrogen-bond donors (Lipinski definition) is 2. The van der Waals surface area contributed by atoms with Crippen LogP contribution in [0.4, 0.5) is 0 Å². The summed E-state index contributed by atoms with van der Waals surface area (Å²) in [5, 5.41) is 21.3. The molecule has 0 heterocycles. The van der Waals surface area contributed by atoms with Crippen molar-refractivity contribution in [1.82, 2.24) is 0 Å². The van der Waals surface area contributed by atoms with E-state index in [0.717, 1.165) is 25.7 Å². The van der Waals surface area contributed by atoms with Crippen LogP contribution in [0.1, 0.15) is 53.4 Å². The molecule has 2 nitrogen and oxygen atoms in total. The van der Waals surface area contributed by atoms with Crippen molar-refractivity contribution in [2.45, 2.75) is 64.6 Å². The maximum atomic E-state index is 10.7. The quantitative estimate of drug-likeness (QED) is 0.681. The van der Waals surface area contributed by atoms with Crippen LogP contribution in [0.5, 0.6) is 0 Å². The van der Waals surface area contributed by atoms with Crippen molar-refractivity contribution in [3.05, 3.63) is 0 Å². The second-order valence-corrected chi connectivity index (χ2v) is 7.88. The molecule has 0 aliphatic heterocycles. The molecule has 0 bridgehead atoms. The summed E-state index contributed by atoms with van der Waals surface area (Å²) in [5.74, 6) is 1.95. The molecule has 3 aliphatic rings. The summed E-state index contributed by atoms with van der Waals surface area (Å²) >= 11 is 0. The SMILES string of the molecule is CC1(C)C2CC[C@@](C)(O)[C@H]3CC[C@](C)(O)[C@H]3C21. The molecule has 0 aromatic carbocycles. The second-order valence-electron chi connectivity index (χ2n) is 7.88. The Hall–Kier alpha value is -0.0800. The third-order valence-electron chi connectivity index (χ3n) is 6.40. The van der Waals surface area contributed by atoms with Gasteiger partial charge in [0.05, 0.1) is 11.2 Å². The predicted molar refractivity (Wildman–Crippen MR) is 67.5 cm³/mol. The van der Waals surface area contributed by atoms with E-state index in [9.17, 15) is 10.2 Å². The lowest BCUT2D eigenvalue weighted by molar-refractivity contribution is -0.0663. The van der Waals surface area contributed by atoms with Crippen molar-refractivity contribution in [3.63, 3.8) is 0 Å². The topological polar surface area (TPSA) is 40.5 Å². The summed E-state index contributed by atoms with van der Waals surface area (Å²) in [6.07, 6.45) is 3.89. The average molecular weight is 238 g/mol. The smallest absolute Gasteiger partial charge is 0.0654 e. The summed E-state index contributed by atoms with van der Waals surface area (Å²) < 4.78 is 0. The molecule has 3 rings (SSSR count). The average Bonchev–Trinajstić information content (AvgIpc) is 2.59. The van der Waals surface area contributed by atoms with Gasteiger partial charge in [0, 0.05) is 0 Å². The van der Waals surface area contributed by atoms with E-state index in [1.54, 1.807) is 0 Å². The molecule has 17 heavy (non-hydrogen) atoms. The van der Waals surface area contributed by atoms with Gasteiger partial charge in [0.2, 0.25) is 0 Å².